The number of aryl methyl sites for hydroxylation is 1. The molecule has 19 heavy (non-hydrogen) atoms. The molecule has 0 radical (unpaired) electrons. The van der Waals surface area contributed by atoms with Crippen LogP contribution in [0.15, 0.2) is 17.5 Å². The van der Waals surface area contributed by atoms with Crippen LogP contribution in [0.2, 0.25) is 0 Å². The number of nitrogens with one attached hydrogen (secondary N) is 1. The van der Waals surface area contributed by atoms with Crippen LogP contribution in [0, 0.1) is 0 Å². The molecular weight excluding hydrogens is 262 g/mol. The zero-order chi connectivity index (χ0) is 14.5. The number of ether oxygens (including phenoxy) is 1. The van der Waals surface area contributed by atoms with E-state index in [0.29, 0.717) is 12.8 Å². The van der Waals surface area contributed by atoms with E-state index < -0.39 is 17.6 Å². The minimum absolute atomic E-state index is 0.133. The van der Waals surface area contributed by atoms with E-state index in [1.54, 1.807) is 39.0 Å². The van der Waals surface area contributed by atoms with Crippen molar-refractivity contribution in [3.05, 3.63) is 22.4 Å². The number of esters is 1. The van der Waals surface area contributed by atoms with Gasteiger partial charge in [0.1, 0.15) is 11.6 Å². The Balaban J connectivity index is 2.33. The number of hydrogen-bond donors (Lipinski definition) is 1. The van der Waals surface area contributed by atoms with E-state index in [2.05, 4.69) is 5.32 Å². The van der Waals surface area contributed by atoms with E-state index >= 15 is 0 Å². The van der Waals surface area contributed by atoms with E-state index in [1.165, 1.54) is 4.88 Å². The molecule has 0 aliphatic rings. The second-order valence-electron chi connectivity index (χ2n) is 5.40. The summed E-state index contributed by atoms with van der Waals surface area (Å²) in [6, 6.07) is 3.34. The Morgan fingerprint density at radius 2 is 2.11 bits per heavy atom. The highest BCUT2D eigenvalue weighted by atomic mass is 32.1. The number of rotatable bonds is 5. The molecule has 1 heterocycles. The lowest BCUT2D eigenvalue weighted by atomic mass is 10.2. The lowest BCUT2D eigenvalue weighted by Crippen LogP contribution is -2.42. The third-order valence-electron chi connectivity index (χ3n) is 2.32. The maximum Gasteiger partial charge on any atom is 0.328 e. The van der Waals surface area contributed by atoms with Crippen LogP contribution in [0.25, 0.3) is 0 Å². The summed E-state index contributed by atoms with van der Waals surface area (Å²) in [5, 5.41) is 4.64. The first kappa shape index (κ1) is 15.7. The van der Waals surface area contributed by atoms with Gasteiger partial charge in [0.05, 0.1) is 0 Å². The fraction of sp³-hybridized carbons (Fsp3) is 0.571. The molecule has 1 aromatic heterocycles. The number of amides is 1. The summed E-state index contributed by atoms with van der Waals surface area (Å²) in [6.07, 6.45) is 1.08. The van der Waals surface area contributed by atoms with Crippen molar-refractivity contribution in [2.45, 2.75) is 52.2 Å². The molecule has 1 amide bonds. The highest BCUT2D eigenvalue weighted by Crippen LogP contribution is 2.11. The smallest absolute Gasteiger partial charge is 0.328 e. The van der Waals surface area contributed by atoms with Gasteiger partial charge in [-0.3, -0.25) is 4.79 Å². The van der Waals surface area contributed by atoms with Gasteiger partial charge >= 0.3 is 5.97 Å². The number of thiophene rings is 1. The van der Waals surface area contributed by atoms with Gasteiger partial charge in [0.15, 0.2) is 0 Å². The standard InChI is InChI=1S/C14H21NO3S/c1-10(13(17)18-14(2,3)4)15-12(16)8-7-11-6-5-9-19-11/h5-6,9-10H,7-8H2,1-4H3,(H,15,16)/t10-/m0/s1. The Labute approximate surface area is 118 Å². The number of carbonyl (C=O) groups is 2. The zero-order valence-electron chi connectivity index (χ0n) is 11.9. The van der Waals surface area contributed by atoms with Crippen LogP contribution in [-0.4, -0.2) is 23.5 Å². The van der Waals surface area contributed by atoms with Crippen molar-refractivity contribution < 1.29 is 14.3 Å². The van der Waals surface area contributed by atoms with Crippen LogP contribution in [0.4, 0.5) is 0 Å². The molecule has 1 aromatic rings. The van der Waals surface area contributed by atoms with Gasteiger partial charge in [-0.15, -0.1) is 11.3 Å². The van der Waals surface area contributed by atoms with Gasteiger partial charge in [-0.2, -0.15) is 0 Å². The Hall–Kier alpha value is -1.36. The summed E-state index contributed by atoms with van der Waals surface area (Å²) in [7, 11) is 0. The van der Waals surface area contributed by atoms with Gasteiger partial charge in [0.2, 0.25) is 5.91 Å². The molecule has 0 saturated heterocycles. The van der Waals surface area contributed by atoms with Crippen molar-refractivity contribution in [3.8, 4) is 0 Å². The van der Waals surface area contributed by atoms with Crippen molar-refractivity contribution in [1.82, 2.24) is 5.32 Å². The average molecular weight is 283 g/mol. The van der Waals surface area contributed by atoms with Crippen LogP contribution in [0.5, 0.6) is 0 Å². The van der Waals surface area contributed by atoms with Crippen LogP contribution in [0.3, 0.4) is 0 Å². The fourth-order valence-corrected chi connectivity index (χ4v) is 2.16. The predicted octanol–water partition coefficient (Wildman–Crippen LogP) is 2.53. The molecule has 106 valence electrons. The van der Waals surface area contributed by atoms with Crippen molar-refractivity contribution in [3.63, 3.8) is 0 Å². The highest BCUT2D eigenvalue weighted by molar-refractivity contribution is 7.09. The Kier molecular flexibility index (Phi) is 5.54. The molecule has 0 unspecified atom stereocenters. The van der Waals surface area contributed by atoms with Crippen LogP contribution < -0.4 is 5.32 Å². The number of carbonyl (C=O) groups excluding carboxylic acids is 2. The summed E-state index contributed by atoms with van der Waals surface area (Å²) < 4.78 is 5.20. The minimum Gasteiger partial charge on any atom is -0.458 e. The van der Waals surface area contributed by atoms with Crippen LogP contribution >= 0.6 is 11.3 Å². The van der Waals surface area contributed by atoms with Crippen molar-refractivity contribution in [2.24, 2.45) is 0 Å². The summed E-state index contributed by atoms with van der Waals surface area (Å²) in [4.78, 5) is 24.6. The number of hydrogen-bond acceptors (Lipinski definition) is 4. The molecule has 1 N–H and O–H groups in total. The molecule has 1 rings (SSSR count). The van der Waals surface area contributed by atoms with Gasteiger partial charge in [0.25, 0.3) is 0 Å². The van der Waals surface area contributed by atoms with Crippen molar-refractivity contribution >= 4 is 23.2 Å². The van der Waals surface area contributed by atoms with E-state index in [-0.39, 0.29) is 5.91 Å². The second-order valence-corrected chi connectivity index (χ2v) is 6.43. The topological polar surface area (TPSA) is 55.4 Å². The lowest BCUT2D eigenvalue weighted by Gasteiger charge is -2.22. The summed E-state index contributed by atoms with van der Waals surface area (Å²) in [5.74, 6) is -0.538. The zero-order valence-corrected chi connectivity index (χ0v) is 12.7. The maximum atomic E-state index is 11.7. The van der Waals surface area contributed by atoms with Gasteiger partial charge in [-0.1, -0.05) is 6.07 Å². The first-order valence-electron chi connectivity index (χ1n) is 6.32. The van der Waals surface area contributed by atoms with E-state index in [0.717, 1.165) is 0 Å². The molecule has 0 aliphatic heterocycles. The molecule has 5 heteroatoms. The molecule has 0 fully saturated rings. The van der Waals surface area contributed by atoms with E-state index in [1.807, 2.05) is 17.5 Å². The Morgan fingerprint density at radius 1 is 1.42 bits per heavy atom. The second kappa shape index (κ2) is 6.70. The normalized spacial score (nSPS) is 12.8. The molecule has 0 bridgehead atoms. The summed E-state index contributed by atoms with van der Waals surface area (Å²) >= 11 is 1.63. The van der Waals surface area contributed by atoms with E-state index in [4.69, 9.17) is 4.74 Å². The quantitative estimate of drug-likeness (QED) is 0.845. The molecule has 0 aliphatic carbocycles. The van der Waals surface area contributed by atoms with Gasteiger partial charge in [0, 0.05) is 11.3 Å². The minimum atomic E-state index is -0.616. The first-order chi connectivity index (χ1) is 8.78. The molecule has 0 aromatic carbocycles. The SMILES string of the molecule is C[C@H](NC(=O)CCc1cccs1)C(=O)OC(C)(C)C. The molecule has 0 saturated carbocycles. The monoisotopic (exact) mass is 283 g/mol. The average Bonchev–Trinajstić information content (AvgIpc) is 2.76. The van der Waals surface area contributed by atoms with Crippen molar-refractivity contribution in [2.75, 3.05) is 0 Å². The maximum absolute atomic E-state index is 11.7. The van der Waals surface area contributed by atoms with E-state index in [9.17, 15) is 9.59 Å². The van der Waals surface area contributed by atoms with Crippen molar-refractivity contribution in [1.29, 1.82) is 0 Å². The summed E-state index contributed by atoms with van der Waals surface area (Å²) in [5.41, 5.74) is -0.535. The molecule has 1 atom stereocenters. The third kappa shape index (κ3) is 6.38. The molecule has 0 spiro atoms. The Morgan fingerprint density at radius 3 is 2.63 bits per heavy atom. The van der Waals surface area contributed by atoms with Crippen LogP contribution in [0.1, 0.15) is 39.0 Å². The van der Waals surface area contributed by atoms with Gasteiger partial charge < -0.3 is 10.1 Å². The molecular formula is C14H21NO3S. The first-order valence-corrected chi connectivity index (χ1v) is 7.20. The highest BCUT2D eigenvalue weighted by Gasteiger charge is 2.22. The lowest BCUT2D eigenvalue weighted by molar-refractivity contribution is -0.158. The molecule has 4 nitrogen and oxygen atoms in total. The largest absolute Gasteiger partial charge is 0.458 e. The Bertz CT molecular complexity index is 420. The van der Waals surface area contributed by atoms with Gasteiger partial charge in [-0.05, 0) is 45.6 Å². The predicted molar refractivity (Wildman–Crippen MR) is 76.1 cm³/mol. The fourth-order valence-electron chi connectivity index (χ4n) is 1.45. The summed E-state index contributed by atoms with van der Waals surface area (Å²) in [6.45, 7) is 7.04. The van der Waals surface area contributed by atoms with Crippen LogP contribution in [-0.2, 0) is 20.7 Å². The van der Waals surface area contributed by atoms with Gasteiger partial charge in [-0.25, -0.2) is 4.79 Å². The third-order valence-corrected chi connectivity index (χ3v) is 3.25.